The molecule has 2 atom stereocenters. The van der Waals surface area contributed by atoms with Crippen LogP contribution < -0.4 is 11.5 Å². The van der Waals surface area contributed by atoms with Gasteiger partial charge in [0, 0.05) is 13.1 Å². The van der Waals surface area contributed by atoms with E-state index in [0.717, 1.165) is 0 Å². The van der Waals surface area contributed by atoms with Crippen LogP contribution in [0.15, 0.2) is 0 Å². The SMILES string of the molecule is CC(CN)O[Si](C)(C)OC(C)CN. The van der Waals surface area contributed by atoms with Crippen LogP contribution in [-0.2, 0) is 8.85 Å². The molecule has 4 N–H and O–H groups in total. The first-order valence-electron chi connectivity index (χ1n) is 4.67. The highest BCUT2D eigenvalue weighted by atomic mass is 28.4. The van der Waals surface area contributed by atoms with Crippen LogP contribution in [-0.4, -0.2) is 33.9 Å². The molecule has 0 saturated heterocycles. The quantitative estimate of drug-likeness (QED) is 0.618. The maximum atomic E-state index is 5.70. The van der Waals surface area contributed by atoms with Crippen LogP contribution in [0.1, 0.15) is 13.8 Å². The summed E-state index contributed by atoms with van der Waals surface area (Å²) in [4.78, 5) is 0. The van der Waals surface area contributed by atoms with Crippen LogP contribution in [0.5, 0.6) is 0 Å². The van der Waals surface area contributed by atoms with Gasteiger partial charge in [-0.2, -0.15) is 0 Å². The Morgan fingerprint density at radius 1 is 1.00 bits per heavy atom. The molecule has 0 heterocycles. The van der Waals surface area contributed by atoms with Crippen molar-refractivity contribution in [2.24, 2.45) is 11.5 Å². The molecule has 0 radical (unpaired) electrons. The molecule has 4 nitrogen and oxygen atoms in total. The molecule has 2 unspecified atom stereocenters. The fourth-order valence-electron chi connectivity index (χ4n) is 1.09. The molecule has 0 aliphatic heterocycles. The highest BCUT2D eigenvalue weighted by Gasteiger charge is 2.28. The monoisotopic (exact) mass is 206 g/mol. The molecule has 0 aromatic carbocycles. The smallest absolute Gasteiger partial charge is 0.332 e. The largest absolute Gasteiger partial charge is 0.390 e. The van der Waals surface area contributed by atoms with Crippen LogP contribution in [0.4, 0.5) is 0 Å². The Hall–Kier alpha value is 0.0569. The summed E-state index contributed by atoms with van der Waals surface area (Å²) >= 11 is 0. The summed E-state index contributed by atoms with van der Waals surface area (Å²) in [5, 5.41) is 0. The van der Waals surface area contributed by atoms with Gasteiger partial charge in [-0.15, -0.1) is 0 Å². The maximum absolute atomic E-state index is 5.70. The van der Waals surface area contributed by atoms with E-state index < -0.39 is 8.56 Å². The molecule has 0 aromatic heterocycles. The molecule has 0 rings (SSSR count). The van der Waals surface area contributed by atoms with E-state index in [1.165, 1.54) is 0 Å². The molecule has 13 heavy (non-hydrogen) atoms. The Labute approximate surface area is 81.8 Å². The van der Waals surface area contributed by atoms with E-state index in [1.807, 2.05) is 26.9 Å². The molecule has 0 saturated carbocycles. The Morgan fingerprint density at radius 2 is 1.31 bits per heavy atom. The normalized spacial score (nSPS) is 17.1. The zero-order valence-electron chi connectivity index (χ0n) is 9.04. The molecule has 0 bridgehead atoms. The number of rotatable bonds is 6. The van der Waals surface area contributed by atoms with Crippen molar-refractivity contribution in [2.75, 3.05) is 13.1 Å². The second-order valence-electron chi connectivity index (χ2n) is 3.73. The van der Waals surface area contributed by atoms with Crippen molar-refractivity contribution in [1.29, 1.82) is 0 Å². The highest BCUT2D eigenvalue weighted by Crippen LogP contribution is 2.11. The van der Waals surface area contributed by atoms with E-state index in [2.05, 4.69) is 0 Å². The second-order valence-corrected chi connectivity index (χ2v) is 7.00. The van der Waals surface area contributed by atoms with Crippen molar-refractivity contribution < 1.29 is 8.85 Å². The lowest BCUT2D eigenvalue weighted by atomic mass is 10.4. The molecular formula is C8H22N2O2Si. The van der Waals surface area contributed by atoms with Crippen LogP contribution >= 0.6 is 0 Å². The predicted molar refractivity (Wildman–Crippen MR) is 56.7 cm³/mol. The zero-order chi connectivity index (χ0) is 10.5. The predicted octanol–water partition coefficient (Wildman–Crippen LogP) is 0.416. The molecule has 80 valence electrons. The van der Waals surface area contributed by atoms with Gasteiger partial charge in [0.1, 0.15) is 0 Å². The van der Waals surface area contributed by atoms with E-state index in [4.69, 9.17) is 20.3 Å². The summed E-state index contributed by atoms with van der Waals surface area (Å²) in [5.74, 6) is 0. The third-order valence-corrected chi connectivity index (χ3v) is 3.57. The first-order chi connectivity index (χ1) is 5.91. The van der Waals surface area contributed by atoms with Crippen molar-refractivity contribution in [2.45, 2.75) is 39.1 Å². The minimum Gasteiger partial charge on any atom is -0.390 e. The van der Waals surface area contributed by atoms with Gasteiger partial charge in [-0.1, -0.05) is 0 Å². The average molecular weight is 206 g/mol. The fraction of sp³-hybridized carbons (Fsp3) is 1.00. The minimum absolute atomic E-state index is 0.0617. The molecule has 0 aromatic rings. The van der Waals surface area contributed by atoms with Crippen LogP contribution in [0, 0.1) is 0 Å². The molecule has 5 heteroatoms. The zero-order valence-corrected chi connectivity index (χ0v) is 10.0. The van der Waals surface area contributed by atoms with E-state index in [1.54, 1.807) is 0 Å². The number of hydrogen-bond donors (Lipinski definition) is 2. The third kappa shape index (κ3) is 6.17. The summed E-state index contributed by atoms with van der Waals surface area (Å²) in [7, 11) is -2.03. The van der Waals surface area contributed by atoms with Gasteiger partial charge in [-0.25, -0.2) is 0 Å². The van der Waals surface area contributed by atoms with Crippen molar-refractivity contribution >= 4 is 8.56 Å². The van der Waals surface area contributed by atoms with Gasteiger partial charge in [-0.05, 0) is 26.9 Å². The van der Waals surface area contributed by atoms with Gasteiger partial charge < -0.3 is 20.3 Å². The molecule has 0 aliphatic carbocycles. The molecule has 0 aliphatic rings. The summed E-state index contributed by atoms with van der Waals surface area (Å²) in [6, 6.07) is 0. The Balaban J connectivity index is 3.92. The van der Waals surface area contributed by atoms with Gasteiger partial charge >= 0.3 is 8.56 Å². The van der Waals surface area contributed by atoms with Gasteiger partial charge in [0.2, 0.25) is 0 Å². The van der Waals surface area contributed by atoms with Crippen molar-refractivity contribution in [3.8, 4) is 0 Å². The highest BCUT2D eigenvalue weighted by molar-refractivity contribution is 6.64. The summed E-state index contributed by atoms with van der Waals surface area (Å²) in [6.07, 6.45) is 0.123. The fourth-order valence-corrected chi connectivity index (χ4v) is 3.28. The topological polar surface area (TPSA) is 70.5 Å². The lowest BCUT2D eigenvalue weighted by molar-refractivity contribution is 0.106. The Bertz CT molecular complexity index is 130. The number of hydrogen-bond acceptors (Lipinski definition) is 4. The van der Waals surface area contributed by atoms with Crippen molar-refractivity contribution in [3.05, 3.63) is 0 Å². The first kappa shape index (κ1) is 13.1. The van der Waals surface area contributed by atoms with E-state index >= 15 is 0 Å². The van der Waals surface area contributed by atoms with Crippen LogP contribution in [0.25, 0.3) is 0 Å². The Morgan fingerprint density at radius 3 is 1.54 bits per heavy atom. The van der Waals surface area contributed by atoms with Crippen molar-refractivity contribution in [3.63, 3.8) is 0 Å². The summed E-state index contributed by atoms with van der Waals surface area (Å²) in [6.45, 7) is 8.96. The van der Waals surface area contributed by atoms with Crippen molar-refractivity contribution in [1.82, 2.24) is 0 Å². The van der Waals surface area contributed by atoms with Gasteiger partial charge in [-0.3, -0.25) is 0 Å². The number of nitrogens with two attached hydrogens (primary N) is 2. The standard InChI is InChI=1S/C8H22N2O2Si/c1-7(5-9)11-13(3,4)12-8(2)6-10/h7-8H,5-6,9-10H2,1-4H3. The molecular weight excluding hydrogens is 184 g/mol. The summed E-state index contributed by atoms with van der Waals surface area (Å²) < 4.78 is 11.4. The molecule has 0 amide bonds. The summed E-state index contributed by atoms with van der Waals surface area (Å²) in [5.41, 5.74) is 10.9. The average Bonchev–Trinajstić information content (AvgIpc) is 2.02. The lowest BCUT2D eigenvalue weighted by Gasteiger charge is -2.29. The minimum atomic E-state index is -2.03. The Kier molecular flexibility index (Phi) is 5.74. The molecule has 0 fully saturated rings. The van der Waals surface area contributed by atoms with Crippen LogP contribution in [0.3, 0.4) is 0 Å². The van der Waals surface area contributed by atoms with Crippen LogP contribution in [0.2, 0.25) is 13.1 Å². The van der Waals surface area contributed by atoms with Gasteiger partial charge in [0.25, 0.3) is 0 Å². The second kappa shape index (κ2) is 5.72. The van der Waals surface area contributed by atoms with E-state index in [-0.39, 0.29) is 12.2 Å². The van der Waals surface area contributed by atoms with Gasteiger partial charge in [0.05, 0.1) is 12.2 Å². The molecule has 0 spiro atoms. The van der Waals surface area contributed by atoms with E-state index in [0.29, 0.717) is 13.1 Å². The van der Waals surface area contributed by atoms with E-state index in [9.17, 15) is 0 Å². The first-order valence-corrected chi connectivity index (χ1v) is 7.48. The third-order valence-electron chi connectivity index (χ3n) is 1.63. The van der Waals surface area contributed by atoms with Gasteiger partial charge in [0.15, 0.2) is 0 Å². The maximum Gasteiger partial charge on any atom is 0.332 e. The lowest BCUT2D eigenvalue weighted by Crippen LogP contribution is -2.44.